The molecule has 0 unspecified atom stereocenters. The minimum Gasteiger partial charge on any atom is -0.395 e. The molecule has 0 bridgehead atoms. The number of rotatable bonds is 3. The van der Waals surface area contributed by atoms with Crippen LogP contribution < -0.4 is 0 Å². The van der Waals surface area contributed by atoms with Crippen LogP contribution in [-0.2, 0) is 10.2 Å². The fourth-order valence-corrected chi connectivity index (χ4v) is 3.92. The number of aliphatic hydroxyl groups excluding tert-OH is 1. The average molecular weight is 267 g/mol. The molecule has 3 heterocycles. The normalized spacial score (nSPS) is 18.0. The van der Waals surface area contributed by atoms with Gasteiger partial charge in [-0.1, -0.05) is 0 Å². The first-order valence-corrected chi connectivity index (χ1v) is 7.20. The number of thiazole rings is 1. The van der Waals surface area contributed by atoms with Gasteiger partial charge < -0.3 is 9.84 Å². The maximum Gasteiger partial charge on any atom is 0.133 e. The first kappa shape index (κ1) is 11.3. The summed E-state index contributed by atoms with van der Waals surface area (Å²) >= 11 is 3.36. The number of nitrogens with zero attached hydrogens (tertiary/aromatic N) is 1. The highest BCUT2D eigenvalue weighted by Gasteiger charge is 2.42. The molecule has 3 rings (SSSR count). The molecule has 17 heavy (non-hydrogen) atoms. The minimum absolute atomic E-state index is 0.111. The molecule has 0 saturated carbocycles. The number of hydrogen-bond acceptors (Lipinski definition) is 5. The monoisotopic (exact) mass is 267 g/mol. The zero-order valence-electron chi connectivity index (χ0n) is 9.47. The van der Waals surface area contributed by atoms with E-state index in [1.165, 1.54) is 10.4 Å². The number of aliphatic hydroxyl groups is 1. The van der Waals surface area contributed by atoms with E-state index in [1.807, 2.05) is 5.38 Å². The van der Waals surface area contributed by atoms with Crippen LogP contribution in [0.4, 0.5) is 0 Å². The van der Waals surface area contributed by atoms with E-state index in [9.17, 15) is 5.11 Å². The first-order chi connectivity index (χ1) is 8.25. The molecule has 0 radical (unpaired) electrons. The fraction of sp³-hybridized carbons (Fsp3) is 0.417. The van der Waals surface area contributed by atoms with Gasteiger partial charge in [-0.2, -0.15) is 0 Å². The van der Waals surface area contributed by atoms with Crippen molar-refractivity contribution in [2.24, 2.45) is 0 Å². The molecule has 1 aliphatic rings. The number of thiophene rings is 1. The van der Waals surface area contributed by atoms with Gasteiger partial charge in [0.1, 0.15) is 5.01 Å². The van der Waals surface area contributed by atoms with Gasteiger partial charge in [-0.15, -0.1) is 22.7 Å². The maximum absolute atomic E-state index is 9.47. The van der Waals surface area contributed by atoms with E-state index in [2.05, 4.69) is 23.4 Å². The lowest BCUT2D eigenvalue weighted by Gasteiger charge is -2.38. The summed E-state index contributed by atoms with van der Waals surface area (Å²) in [4.78, 5) is 5.90. The summed E-state index contributed by atoms with van der Waals surface area (Å²) in [5, 5.41) is 14.7. The van der Waals surface area contributed by atoms with Gasteiger partial charge >= 0.3 is 0 Å². The summed E-state index contributed by atoms with van der Waals surface area (Å²) in [7, 11) is 0. The van der Waals surface area contributed by atoms with Crippen molar-refractivity contribution < 1.29 is 9.84 Å². The summed E-state index contributed by atoms with van der Waals surface area (Å²) in [5.74, 6) is 0. The summed E-state index contributed by atoms with van der Waals surface area (Å²) in [6.45, 7) is 3.37. The highest BCUT2D eigenvalue weighted by molar-refractivity contribution is 7.20. The van der Waals surface area contributed by atoms with Crippen molar-refractivity contribution in [3.8, 4) is 9.88 Å². The van der Waals surface area contributed by atoms with Crippen LogP contribution in [0, 0.1) is 6.92 Å². The smallest absolute Gasteiger partial charge is 0.133 e. The molecular weight excluding hydrogens is 254 g/mol. The van der Waals surface area contributed by atoms with Crippen LogP contribution in [0.25, 0.3) is 9.88 Å². The van der Waals surface area contributed by atoms with Gasteiger partial charge in [-0.3, -0.25) is 0 Å². The topological polar surface area (TPSA) is 42.4 Å². The van der Waals surface area contributed by atoms with Gasteiger partial charge in [0.05, 0.1) is 35.8 Å². The van der Waals surface area contributed by atoms with E-state index in [0.717, 1.165) is 10.7 Å². The molecular formula is C12H13NO2S2. The highest BCUT2D eigenvalue weighted by Crippen LogP contribution is 2.37. The predicted octanol–water partition coefficient (Wildman–Crippen LogP) is 2.44. The zero-order chi connectivity index (χ0) is 11.9. The van der Waals surface area contributed by atoms with Crippen LogP contribution in [0.15, 0.2) is 16.8 Å². The van der Waals surface area contributed by atoms with E-state index in [1.54, 1.807) is 22.7 Å². The van der Waals surface area contributed by atoms with Crippen molar-refractivity contribution in [3.63, 3.8) is 0 Å². The molecule has 0 amide bonds. The molecule has 2 aromatic heterocycles. The Balaban J connectivity index is 1.96. The largest absolute Gasteiger partial charge is 0.395 e. The molecule has 1 aliphatic heterocycles. The van der Waals surface area contributed by atoms with Crippen LogP contribution in [-0.4, -0.2) is 29.9 Å². The molecule has 1 saturated heterocycles. The van der Waals surface area contributed by atoms with Crippen molar-refractivity contribution in [1.82, 2.24) is 4.98 Å². The highest BCUT2D eigenvalue weighted by atomic mass is 32.1. The van der Waals surface area contributed by atoms with Gasteiger partial charge in [0.25, 0.3) is 0 Å². The molecule has 5 heteroatoms. The lowest BCUT2D eigenvalue weighted by Crippen LogP contribution is -2.49. The lowest BCUT2D eigenvalue weighted by atomic mass is 9.84. The molecule has 0 atom stereocenters. The van der Waals surface area contributed by atoms with Crippen molar-refractivity contribution in [3.05, 3.63) is 28.1 Å². The van der Waals surface area contributed by atoms with Gasteiger partial charge in [-0.25, -0.2) is 4.98 Å². The Labute approximate surface area is 108 Å². The lowest BCUT2D eigenvalue weighted by molar-refractivity contribution is -0.0859. The Kier molecular flexibility index (Phi) is 2.78. The number of aryl methyl sites for hydroxylation is 1. The summed E-state index contributed by atoms with van der Waals surface area (Å²) in [6.07, 6.45) is 0. The maximum atomic E-state index is 9.47. The zero-order valence-corrected chi connectivity index (χ0v) is 11.1. The van der Waals surface area contributed by atoms with Gasteiger partial charge in [0.15, 0.2) is 0 Å². The molecule has 1 N–H and O–H groups in total. The molecule has 0 aromatic carbocycles. The minimum atomic E-state index is -0.250. The fourth-order valence-electron chi connectivity index (χ4n) is 1.88. The van der Waals surface area contributed by atoms with Crippen LogP contribution >= 0.6 is 22.7 Å². The number of hydrogen-bond donors (Lipinski definition) is 1. The summed E-state index contributed by atoms with van der Waals surface area (Å²) in [5.41, 5.74) is 1.98. The number of ether oxygens (including phenoxy) is 1. The van der Waals surface area contributed by atoms with Crippen LogP contribution in [0.3, 0.4) is 0 Å². The van der Waals surface area contributed by atoms with Crippen molar-refractivity contribution in [2.75, 3.05) is 19.8 Å². The van der Waals surface area contributed by atoms with Crippen LogP contribution in [0.5, 0.6) is 0 Å². The summed E-state index contributed by atoms with van der Waals surface area (Å²) < 4.78 is 5.21. The molecule has 1 fully saturated rings. The third-order valence-electron chi connectivity index (χ3n) is 3.16. The van der Waals surface area contributed by atoms with Crippen molar-refractivity contribution in [2.45, 2.75) is 12.3 Å². The second-order valence-electron chi connectivity index (χ2n) is 4.40. The Hall–Kier alpha value is -0.750. The average Bonchev–Trinajstić information content (AvgIpc) is 2.86. The Morgan fingerprint density at radius 3 is 2.82 bits per heavy atom. The summed E-state index contributed by atoms with van der Waals surface area (Å²) in [6, 6.07) is 2.11. The van der Waals surface area contributed by atoms with Gasteiger partial charge in [0.2, 0.25) is 0 Å². The van der Waals surface area contributed by atoms with Gasteiger partial charge in [-0.05, 0) is 23.9 Å². The Morgan fingerprint density at radius 2 is 2.29 bits per heavy atom. The van der Waals surface area contributed by atoms with Crippen molar-refractivity contribution in [1.29, 1.82) is 0 Å². The number of aromatic nitrogens is 1. The van der Waals surface area contributed by atoms with E-state index in [4.69, 9.17) is 4.74 Å². The van der Waals surface area contributed by atoms with E-state index >= 15 is 0 Å². The standard InChI is InChI=1S/C12H13NO2S2/c1-8-2-3-16-10(8)11-13-9(4-17-11)12(5-14)6-15-7-12/h2-4,14H,5-7H2,1H3. The molecule has 0 spiro atoms. The molecule has 90 valence electrons. The van der Waals surface area contributed by atoms with E-state index in [-0.39, 0.29) is 12.0 Å². The predicted molar refractivity (Wildman–Crippen MR) is 69.7 cm³/mol. The van der Waals surface area contributed by atoms with Crippen LogP contribution in [0.2, 0.25) is 0 Å². The first-order valence-electron chi connectivity index (χ1n) is 5.44. The SMILES string of the molecule is Cc1ccsc1-c1nc(C2(CO)COC2)cs1. The van der Waals surface area contributed by atoms with E-state index in [0.29, 0.717) is 13.2 Å². The quantitative estimate of drug-likeness (QED) is 0.929. The Bertz CT molecular complexity index is 523. The second kappa shape index (κ2) is 4.17. The van der Waals surface area contributed by atoms with Crippen molar-refractivity contribution >= 4 is 22.7 Å². The van der Waals surface area contributed by atoms with E-state index < -0.39 is 0 Å². The molecule has 3 nitrogen and oxygen atoms in total. The second-order valence-corrected chi connectivity index (χ2v) is 6.18. The van der Waals surface area contributed by atoms with Crippen LogP contribution in [0.1, 0.15) is 11.3 Å². The Morgan fingerprint density at radius 1 is 1.47 bits per heavy atom. The third kappa shape index (κ3) is 1.74. The third-order valence-corrected chi connectivity index (χ3v) is 5.18. The molecule has 0 aliphatic carbocycles. The van der Waals surface area contributed by atoms with Gasteiger partial charge in [0, 0.05) is 5.38 Å². The molecule has 2 aromatic rings.